The molecule has 5 nitrogen and oxygen atoms in total. The van der Waals surface area contributed by atoms with Crippen molar-refractivity contribution in [3.63, 3.8) is 0 Å². The van der Waals surface area contributed by atoms with Crippen LogP contribution in [0.25, 0.3) is 5.82 Å². The van der Waals surface area contributed by atoms with Gasteiger partial charge in [0.2, 0.25) is 0 Å². The van der Waals surface area contributed by atoms with Crippen LogP contribution in [-0.2, 0) is 6.42 Å². The maximum Gasteiger partial charge on any atom is 0.176 e. The van der Waals surface area contributed by atoms with Crippen LogP contribution in [-0.4, -0.2) is 20.0 Å². The van der Waals surface area contributed by atoms with Crippen molar-refractivity contribution in [2.75, 3.05) is 5.73 Å². The topological polar surface area (TPSA) is 69.6 Å². The number of aromatic nitrogens is 4. The molecule has 0 bridgehead atoms. The van der Waals surface area contributed by atoms with E-state index in [0.29, 0.717) is 11.6 Å². The van der Waals surface area contributed by atoms with Crippen LogP contribution in [0.4, 0.5) is 5.82 Å². The van der Waals surface area contributed by atoms with Gasteiger partial charge in [-0.3, -0.25) is 0 Å². The Balaban J connectivity index is 2.48. The lowest BCUT2D eigenvalue weighted by Gasteiger charge is -2.03. The molecule has 0 atom stereocenters. The van der Waals surface area contributed by atoms with Gasteiger partial charge in [0, 0.05) is 11.8 Å². The van der Waals surface area contributed by atoms with Gasteiger partial charge in [0.05, 0.1) is 5.69 Å². The molecule has 0 aromatic carbocycles. The molecule has 15 heavy (non-hydrogen) atoms. The van der Waals surface area contributed by atoms with Gasteiger partial charge in [0.15, 0.2) is 5.82 Å². The second kappa shape index (κ2) is 3.68. The fourth-order valence-corrected chi connectivity index (χ4v) is 1.40. The molecule has 2 heterocycles. The van der Waals surface area contributed by atoms with E-state index in [0.717, 1.165) is 17.8 Å². The van der Waals surface area contributed by atoms with Crippen LogP contribution in [0.15, 0.2) is 18.2 Å². The fourth-order valence-electron chi connectivity index (χ4n) is 1.40. The number of hydrogen-bond acceptors (Lipinski definition) is 4. The lowest BCUT2D eigenvalue weighted by atomic mass is 10.3. The zero-order chi connectivity index (χ0) is 10.8. The fraction of sp³-hybridized carbons (Fsp3) is 0.300. The Hall–Kier alpha value is -1.91. The summed E-state index contributed by atoms with van der Waals surface area (Å²) < 4.78 is 1.72. The van der Waals surface area contributed by atoms with Gasteiger partial charge in [-0.2, -0.15) is 5.10 Å². The molecule has 0 unspecified atom stereocenters. The van der Waals surface area contributed by atoms with Crippen molar-refractivity contribution >= 4 is 5.82 Å². The van der Waals surface area contributed by atoms with E-state index in [1.165, 1.54) is 0 Å². The lowest BCUT2D eigenvalue weighted by Crippen LogP contribution is -2.05. The third kappa shape index (κ3) is 1.81. The largest absolute Gasteiger partial charge is 0.382 e. The number of anilines is 1. The first kappa shape index (κ1) is 9.64. The van der Waals surface area contributed by atoms with Gasteiger partial charge in [-0.15, -0.1) is 10.2 Å². The molecule has 2 aromatic rings. The van der Waals surface area contributed by atoms with Gasteiger partial charge in [0.1, 0.15) is 5.82 Å². The van der Waals surface area contributed by atoms with Crippen LogP contribution >= 0.6 is 0 Å². The predicted molar refractivity (Wildman–Crippen MR) is 57.7 cm³/mol. The van der Waals surface area contributed by atoms with E-state index in [9.17, 15) is 0 Å². The summed E-state index contributed by atoms with van der Waals surface area (Å²) in [5.41, 5.74) is 7.56. The molecular weight excluding hydrogens is 190 g/mol. The Bertz CT molecular complexity index is 457. The molecular formula is C10H13N5. The first-order valence-electron chi connectivity index (χ1n) is 4.86. The van der Waals surface area contributed by atoms with Crippen LogP contribution in [0, 0.1) is 6.92 Å². The highest BCUT2D eigenvalue weighted by Crippen LogP contribution is 2.11. The summed E-state index contributed by atoms with van der Waals surface area (Å²) >= 11 is 0. The summed E-state index contributed by atoms with van der Waals surface area (Å²) in [7, 11) is 0. The molecule has 78 valence electrons. The van der Waals surface area contributed by atoms with E-state index in [1.807, 2.05) is 25.1 Å². The molecule has 2 N–H and O–H groups in total. The van der Waals surface area contributed by atoms with Crippen molar-refractivity contribution in [3.05, 3.63) is 29.6 Å². The van der Waals surface area contributed by atoms with Crippen LogP contribution < -0.4 is 5.73 Å². The molecule has 5 heteroatoms. The van der Waals surface area contributed by atoms with Gasteiger partial charge in [-0.1, -0.05) is 6.92 Å². The van der Waals surface area contributed by atoms with Gasteiger partial charge in [-0.05, 0) is 25.5 Å². The zero-order valence-electron chi connectivity index (χ0n) is 8.81. The van der Waals surface area contributed by atoms with Crippen LogP contribution in [0.1, 0.15) is 18.3 Å². The van der Waals surface area contributed by atoms with Crippen LogP contribution in [0.3, 0.4) is 0 Å². The zero-order valence-corrected chi connectivity index (χ0v) is 8.81. The first-order chi connectivity index (χ1) is 7.20. The molecule has 0 aliphatic carbocycles. The average Bonchev–Trinajstić information content (AvgIpc) is 2.61. The molecule has 0 fully saturated rings. The second-order valence-corrected chi connectivity index (χ2v) is 3.36. The molecule has 2 rings (SSSR count). The minimum Gasteiger partial charge on any atom is -0.382 e. The molecule has 0 saturated carbocycles. The van der Waals surface area contributed by atoms with Crippen molar-refractivity contribution in [1.29, 1.82) is 0 Å². The van der Waals surface area contributed by atoms with Gasteiger partial charge in [-0.25, -0.2) is 4.68 Å². The minimum absolute atomic E-state index is 0.509. The van der Waals surface area contributed by atoms with Gasteiger partial charge < -0.3 is 5.73 Å². The minimum atomic E-state index is 0.509. The van der Waals surface area contributed by atoms with Crippen molar-refractivity contribution in [2.24, 2.45) is 0 Å². The Kier molecular flexibility index (Phi) is 2.37. The number of nitrogen functional groups attached to an aromatic ring is 1. The summed E-state index contributed by atoms with van der Waals surface area (Å²) in [6, 6.07) is 5.63. The van der Waals surface area contributed by atoms with Crippen molar-refractivity contribution in [2.45, 2.75) is 20.3 Å². The molecule has 0 radical (unpaired) electrons. The quantitative estimate of drug-likeness (QED) is 0.793. The number of nitrogens with zero attached hydrogens (tertiary/aromatic N) is 4. The van der Waals surface area contributed by atoms with Crippen molar-refractivity contribution in [3.8, 4) is 5.82 Å². The number of rotatable bonds is 2. The van der Waals surface area contributed by atoms with Crippen LogP contribution in [0.2, 0.25) is 0 Å². The molecule has 2 aromatic heterocycles. The third-order valence-electron chi connectivity index (χ3n) is 2.17. The summed E-state index contributed by atoms with van der Waals surface area (Å²) in [6.45, 7) is 3.95. The Morgan fingerprint density at radius 1 is 1.33 bits per heavy atom. The Labute approximate surface area is 87.9 Å². The molecule has 0 spiro atoms. The molecule has 0 saturated heterocycles. The molecule has 0 aliphatic heterocycles. The van der Waals surface area contributed by atoms with Crippen LogP contribution in [0.5, 0.6) is 0 Å². The summed E-state index contributed by atoms with van der Waals surface area (Å²) in [4.78, 5) is 0. The molecule has 0 aliphatic rings. The summed E-state index contributed by atoms with van der Waals surface area (Å²) in [5.74, 6) is 1.21. The van der Waals surface area contributed by atoms with Crippen molar-refractivity contribution in [1.82, 2.24) is 20.0 Å². The Morgan fingerprint density at radius 3 is 2.73 bits per heavy atom. The standard InChI is InChI=1S/C10H13N5/c1-3-8-6-9(11)14-15(8)10-5-4-7(2)12-13-10/h4-6H,3H2,1-2H3,(H2,11,14). The maximum absolute atomic E-state index is 5.64. The predicted octanol–water partition coefficient (Wildman–Crippen LogP) is 1.12. The maximum atomic E-state index is 5.64. The average molecular weight is 203 g/mol. The van der Waals surface area contributed by atoms with E-state index >= 15 is 0 Å². The van der Waals surface area contributed by atoms with E-state index in [4.69, 9.17) is 5.73 Å². The monoisotopic (exact) mass is 203 g/mol. The molecule has 0 amide bonds. The summed E-state index contributed by atoms with van der Waals surface area (Å²) in [5, 5.41) is 12.2. The Morgan fingerprint density at radius 2 is 2.13 bits per heavy atom. The van der Waals surface area contributed by atoms with E-state index < -0.39 is 0 Å². The van der Waals surface area contributed by atoms with Gasteiger partial charge in [0.25, 0.3) is 0 Å². The smallest absolute Gasteiger partial charge is 0.176 e. The van der Waals surface area contributed by atoms with E-state index in [1.54, 1.807) is 4.68 Å². The number of hydrogen-bond donors (Lipinski definition) is 1. The van der Waals surface area contributed by atoms with Gasteiger partial charge >= 0.3 is 0 Å². The third-order valence-corrected chi connectivity index (χ3v) is 2.17. The highest BCUT2D eigenvalue weighted by molar-refractivity contribution is 5.34. The van der Waals surface area contributed by atoms with Crippen molar-refractivity contribution < 1.29 is 0 Å². The van der Waals surface area contributed by atoms with E-state index in [-0.39, 0.29) is 0 Å². The second-order valence-electron chi connectivity index (χ2n) is 3.36. The van der Waals surface area contributed by atoms with E-state index in [2.05, 4.69) is 22.2 Å². The SMILES string of the molecule is CCc1cc(N)nn1-c1ccc(C)nn1. The highest BCUT2D eigenvalue weighted by atomic mass is 15.4. The first-order valence-corrected chi connectivity index (χ1v) is 4.86. The number of nitrogens with two attached hydrogens (primary N) is 1. The summed E-state index contributed by atoms with van der Waals surface area (Å²) in [6.07, 6.45) is 0.861. The number of aryl methyl sites for hydroxylation is 2. The lowest BCUT2D eigenvalue weighted by molar-refractivity contribution is 0.766. The normalized spacial score (nSPS) is 10.5. The highest BCUT2D eigenvalue weighted by Gasteiger charge is 2.07.